The van der Waals surface area contributed by atoms with Crippen LogP contribution in [0.3, 0.4) is 0 Å². The maximum absolute atomic E-state index is 11.9. The SMILES string of the molecule is O=C(NC1CC1)c1csc(Nc2ccc(-n3ccnc3)cc2)n1. The molecule has 23 heavy (non-hydrogen) atoms. The largest absolute Gasteiger partial charge is 0.348 e. The Morgan fingerprint density at radius 3 is 2.78 bits per heavy atom. The van der Waals surface area contributed by atoms with Crippen LogP contribution in [0, 0.1) is 0 Å². The lowest BCUT2D eigenvalue weighted by Crippen LogP contribution is -2.25. The molecule has 0 atom stereocenters. The van der Waals surface area contributed by atoms with Gasteiger partial charge in [-0.15, -0.1) is 11.3 Å². The maximum atomic E-state index is 11.9. The van der Waals surface area contributed by atoms with Crippen LogP contribution in [0.15, 0.2) is 48.4 Å². The summed E-state index contributed by atoms with van der Waals surface area (Å²) in [6.07, 6.45) is 7.55. The Morgan fingerprint density at radius 1 is 1.26 bits per heavy atom. The first-order valence-corrected chi connectivity index (χ1v) is 8.28. The molecule has 4 rings (SSSR count). The summed E-state index contributed by atoms with van der Waals surface area (Å²) in [5.41, 5.74) is 2.44. The molecule has 1 aliphatic rings. The number of anilines is 2. The highest BCUT2D eigenvalue weighted by Gasteiger charge is 2.24. The van der Waals surface area contributed by atoms with Crippen molar-refractivity contribution in [3.05, 3.63) is 54.1 Å². The van der Waals surface area contributed by atoms with Crippen molar-refractivity contribution in [3.63, 3.8) is 0 Å². The molecule has 6 nitrogen and oxygen atoms in total. The molecule has 1 aromatic carbocycles. The average Bonchev–Trinajstić information content (AvgIpc) is 3.05. The minimum atomic E-state index is -0.0905. The minimum absolute atomic E-state index is 0.0905. The van der Waals surface area contributed by atoms with Gasteiger partial charge in [0.25, 0.3) is 5.91 Å². The van der Waals surface area contributed by atoms with Gasteiger partial charge in [-0.2, -0.15) is 0 Å². The van der Waals surface area contributed by atoms with Gasteiger partial charge in [0, 0.05) is 35.2 Å². The van der Waals surface area contributed by atoms with Crippen LogP contribution in [0.1, 0.15) is 23.3 Å². The van der Waals surface area contributed by atoms with Crippen LogP contribution in [0.2, 0.25) is 0 Å². The maximum Gasteiger partial charge on any atom is 0.271 e. The van der Waals surface area contributed by atoms with E-state index in [-0.39, 0.29) is 5.91 Å². The Labute approximate surface area is 137 Å². The highest BCUT2D eigenvalue weighted by atomic mass is 32.1. The van der Waals surface area contributed by atoms with Gasteiger partial charge in [-0.1, -0.05) is 0 Å². The van der Waals surface area contributed by atoms with Gasteiger partial charge in [-0.25, -0.2) is 9.97 Å². The number of nitrogens with one attached hydrogen (secondary N) is 2. The molecule has 116 valence electrons. The topological polar surface area (TPSA) is 71.8 Å². The Bertz CT molecular complexity index is 805. The summed E-state index contributed by atoms with van der Waals surface area (Å²) in [4.78, 5) is 20.3. The predicted octanol–water partition coefficient (Wildman–Crippen LogP) is 2.96. The van der Waals surface area contributed by atoms with Gasteiger partial charge in [-0.05, 0) is 37.1 Å². The minimum Gasteiger partial charge on any atom is -0.348 e. The van der Waals surface area contributed by atoms with Crippen LogP contribution in [-0.4, -0.2) is 26.5 Å². The Morgan fingerprint density at radius 2 is 2.09 bits per heavy atom. The Kier molecular flexibility index (Phi) is 3.55. The van der Waals surface area contributed by atoms with Gasteiger partial charge in [0.2, 0.25) is 0 Å². The first kappa shape index (κ1) is 14.0. The fraction of sp³-hybridized carbons (Fsp3) is 0.188. The molecule has 0 bridgehead atoms. The molecular formula is C16H15N5OS. The lowest BCUT2D eigenvalue weighted by molar-refractivity contribution is 0.0947. The Balaban J connectivity index is 1.43. The lowest BCUT2D eigenvalue weighted by Gasteiger charge is -2.05. The van der Waals surface area contributed by atoms with Crippen molar-refractivity contribution in [1.82, 2.24) is 19.9 Å². The number of carbonyl (C=O) groups excluding carboxylic acids is 1. The summed E-state index contributed by atoms with van der Waals surface area (Å²) in [7, 11) is 0. The van der Waals surface area contributed by atoms with Gasteiger partial charge in [-0.3, -0.25) is 4.79 Å². The Hall–Kier alpha value is -2.67. The summed E-state index contributed by atoms with van der Waals surface area (Å²) in [6.45, 7) is 0. The monoisotopic (exact) mass is 325 g/mol. The third-order valence-electron chi connectivity index (χ3n) is 3.57. The summed E-state index contributed by atoms with van der Waals surface area (Å²) in [5.74, 6) is -0.0905. The average molecular weight is 325 g/mol. The molecule has 0 radical (unpaired) electrons. The van der Waals surface area contributed by atoms with Crippen LogP contribution in [0.5, 0.6) is 0 Å². The van der Waals surface area contributed by atoms with E-state index >= 15 is 0 Å². The number of imidazole rings is 1. The van der Waals surface area contributed by atoms with Crippen molar-refractivity contribution >= 4 is 28.1 Å². The quantitative estimate of drug-likeness (QED) is 0.756. The van der Waals surface area contributed by atoms with Crippen molar-refractivity contribution in [3.8, 4) is 5.69 Å². The van der Waals surface area contributed by atoms with Gasteiger partial charge in [0.1, 0.15) is 5.69 Å². The zero-order valence-electron chi connectivity index (χ0n) is 12.3. The summed E-state index contributed by atoms with van der Waals surface area (Å²) in [5, 5.41) is 8.65. The number of hydrogen-bond donors (Lipinski definition) is 2. The van der Waals surface area contributed by atoms with Gasteiger partial charge < -0.3 is 15.2 Å². The number of nitrogens with zero attached hydrogens (tertiary/aromatic N) is 3. The van der Waals surface area contributed by atoms with E-state index in [1.54, 1.807) is 17.9 Å². The molecule has 2 N–H and O–H groups in total. The van der Waals surface area contributed by atoms with E-state index < -0.39 is 0 Å². The van der Waals surface area contributed by atoms with E-state index in [4.69, 9.17) is 0 Å². The molecule has 0 spiro atoms. The third-order valence-corrected chi connectivity index (χ3v) is 4.33. The van der Waals surface area contributed by atoms with Crippen LogP contribution >= 0.6 is 11.3 Å². The second-order valence-electron chi connectivity index (χ2n) is 5.43. The number of hydrogen-bond acceptors (Lipinski definition) is 5. The third kappa shape index (κ3) is 3.24. The molecule has 0 aliphatic heterocycles. The van der Waals surface area contributed by atoms with Crippen molar-refractivity contribution in [2.45, 2.75) is 18.9 Å². The normalized spacial score (nSPS) is 13.7. The summed E-state index contributed by atoms with van der Waals surface area (Å²) < 4.78 is 1.94. The van der Waals surface area contributed by atoms with Gasteiger partial charge in [0.15, 0.2) is 5.13 Å². The van der Waals surface area contributed by atoms with Crippen molar-refractivity contribution in [2.75, 3.05) is 5.32 Å². The molecule has 1 amide bonds. The standard InChI is InChI=1S/C16H15N5OS/c22-15(18-11-1-2-11)14-9-23-16(20-14)19-12-3-5-13(6-4-12)21-8-7-17-10-21/h3-11H,1-2H2,(H,18,22)(H,19,20). The van der Waals surface area contributed by atoms with Crippen molar-refractivity contribution < 1.29 is 4.79 Å². The zero-order valence-corrected chi connectivity index (χ0v) is 13.1. The molecule has 1 saturated carbocycles. The number of carbonyl (C=O) groups is 1. The fourth-order valence-electron chi connectivity index (χ4n) is 2.17. The molecule has 1 aliphatic carbocycles. The number of amides is 1. The predicted molar refractivity (Wildman–Crippen MR) is 89.4 cm³/mol. The van der Waals surface area contributed by atoms with E-state index in [1.165, 1.54) is 11.3 Å². The lowest BCUT2D eigenvalue weighted by atomic mass is 10.3. The summed E-state index contributed by atoms with van der Waals surface area (Å²) in [6, 6.07) is 8.29. The van der Waals surface area contributed by atoms with E-state index in [0.29, 0.717) is 16.9 Å². The molecular weight excluding hydrogens is 310 g/mol. The van der Waals surface area contributed by atoms with Crippen LogP contribution in [-0.2, 0) is 0 Å². The van der Waals surface area contributed by atoms with Crippen LogP contribution < -0.4 is 10.6 Å². The van der Waals surface area contributed by atoms with Gasteiger partial charge >= 0.3 is 0 Å². The molecule has 0 saturated heterocycles. The smallest absolute Gasteiger partial charge is 0.271 e. The van der Waals surface area contributed by atoms with E-state index in [0.717, 1.165) is 24.2 Å². The zero-order chi connectivity index (χ0) is 15.6. The molecule has 0 unspecified atom stereocenters. The molecule has 3 aromatic rings. The van der Waals surface area contributed by atoms with Crippen LogP contribution in [0.4, 0.5) is 10.8 Å². The fourth-order valence-corrected chi connectivity index (χ4v) is 2.89. The number of aromatic nitrogens is 3. The number of benzene rings is 1. The first-order valence-electron chi connectivity index (χ1n) is 7.40. The highest BCUT2D eigenvalue weighted by molar-refractivity contribution is 7.14. The van der Waals surface area contributed by atoms with Crippen molar-refractivity contribution in [2.24, 2.45) is 0 Å². The second kappa shape index (κ2) is 5.85. The molecule has 1 fully saturated rings. The van der Waals surface area contributed by atoms with E-state index in [9.17, 15) is 4.79 Å². The number of rotatable bonds is 5. The molecule has 2 heterocycles. The summed E-state index contributed by atoms with van der Waals surface area (Å²) >= 11 is 1.42. The van der Waals surface area contributed by atoms with E-state index in [2.05, 4.69) is 20.6 Å². The highest BCUT2D eigenvalue weighted by Crippen LogP contribution is 2.23. The first-order chi connectivity index (χ1) is 11.3. The molecule has 2 aromatic heterocycles. The second-order valence-corrected chi connectivity index (χ2v) is 6.29. The van der Waals surface area contributed by atoms with Crippen molar-refractivity contribution in [1.29, 1.82) is 0 Å². The number of thiazole rings is 1. The van der Waals surface area contributed by atoms with E-state index in [1.807, 2.05) is 35.0 Å². The molecule has 7 heteroatoms. The van der Waals surface area contributed by atoms with Crippen LogP contribution in [0.25, 0.3) is 5.69 Å². The van der Waals surface area contributed by atoms with Gasteiger partial charge in [0.05, 0.1) is 6.33 Å².